The van der Waals surface area contributed by atoms with Gasteiger partial charge in [0, 0.05) is 11.6 Å². The molecule has 1 saturated carbocycles. The van der Waals surface area contributed by atoms with Gasteiger partial charge in [-0.05, 0) is 18.9 Å². The van der Waals surface area contributed by atoms with Crippen molar-refractivity contribution in [2.75, 3.05) is 6.79 Å². The number of hydrogen-bond donors (Lipinski definition) is 0. The topological polar surface area (TPSA) is 42.2 Å². The molecule has 2 aliphatic rings. The van der Waals surface area contributed by atoms with Gasteiger partial charge >= 0.3 is 0 Å². The Morgan fingerprint density at radius 3 is 2.53 bits per heavy atom. The molecular weight excluding hydrogens is 197 g/mol. The van der Waals surface area contributed by atoms with Crippen molar-refractivity contribution in [2.24, 2.45) is 0 Å². The molecule has 1 aliphatic carbocycles. The average Bonchev–Trinajstić information content (AvgIpc) is 2.91. The van der Waals surface area contributed by atoms with Crippen LogP contribution in [0.25, 0.3) is 0 Å². The summed E-state index contributed by atoms with van der Waals surface area (Å²) >= 11 is 0. The molecule has 0 radical (unpaired) electrons. The van der Waals surface area contributed by atoms with E-state index in [0.717, 1.165) is 12.8 Å². The maximum Gasteiger partial charge on any atom is 0.231 e. The molecule has 3 nitrogen and oxygen atoms in total. The van der Waals surface area contributed by atoms with Crippen molar-refractivity contribution in [3.05, 3.63) is 23.5 Å². The molecule has 1 heterocycles. The molecule has 1 aromatic carbocycles. The minimum Gasteiger partial charge on any atom is -0.454 e. The third-order valence-electron chi connectivity index (χ3n) is 2.94. The number of hydrogen-bond acceptors (Lipinski definition) is 3. The zero-order valence-corrected chi connectivity index (χ0v) is 7.92. The summed E-state index contributed by atoms with van der Waals surface area (Å²) in [4.78, 5) is 0. The van der Waals surface area contributed by atoms with E-state index in [1.807, 2.05) is 0 Å². The lowest BCUT2D eigenvalue weighted by Crippen LogP contribution is -2.05. The fourth-order valence-corrected chi connectivity index (χ4v) is 1.85. The Hall–Kier alpha value is -1.76. The number of fused-ring (bicyclic) bond motifs is 1. The van der Waals surface area contributed by atoms with Crippen LogP contribution < -0.4 is 9.47 Å². The first-order chi connectivity index (χ1) is 7.25. The molecule has 0 N–H and O–H groups in total. The van der Waals surface area contributed by atoms with Crippen LogP contribution in [0.2, 0.25) is 0 Å². The first-order valence-electron chi connectivity index (χ1n) is 4.76. The molecule has 15 heavy (non-hydrogen) atoms. The standard InChI is InChI=1S/C11H8FNO2/c12-8-4-10-9(14-6-15-10)3-7(8)11(5-13)1-2-11/h3-4H,1-2,6H2. The van der Waals surface area contributed by atoms with Crippen LogP contribution >= 0.6 is 0 Å². The lowest BCUT2D eigenvalue weighted by molar-refractivity contribution is 0.174. The fraction of sp³-hybridized carbons (Fsp3) is 0.364. The van der Waals surface area contributed by atoms with Crippen LogP contribution in [0.3, 0.4) is 0 Å². The van der Waals surface area contributed by atoms with Crippen LogP contribution in [-0.2, 0) is 5.41 Å². The van der Waals surface area contributed by atoms with E-state index in [1.165, 1.54) is 6.07 Å². The van der Waals surface area contributed by atoms with Crippen molar-refractivity contribution in [2.45, 2.75) is 18.3 Å². The summed E-state index contributed by atoms with van der Waals surface area (Å²) in [7, 11) is 0. The smallest absolute Gasteiger partial charge is 0.231 e. The third kappa shape index (κ3) is 1.09. The lowest BCUT2D eigenvalue weighted by atomic mass is 9.96. The molecule has 1 aromatic rings. The van der Waals surface area contributed by atoms with Gasteiger partial charge in [-0.25, -0.2) is 4.39 Å². The summed E-state index contributed by atoms with van der Waals surface area (Å²) in [6.07, 6.45) is 1.44. The molecule has 0 unspecified atom stereocenters. The molecule has 4 heteroatoms. The second kappa shape index (κ2) is 2.63. The Labute approximate surface area is 86.0 Å². The van der Waals surface area contributed by atoms with Gasteiger partial charge in [-0.2, -0.15) is 5.26 Å². The largest absolute Gasteiger partial charge is 0.454 e. The van der Waals surface area contributed by atoms with Gasteiger partial charge in [-0.1, -0.05) is 0 Å². The molecule has 0 aromatic heterocycles. The summed E-state index contributed by atoms with van der Waals surface area (Å²) < 4.78 is 23.9. The van der Waals surface area contributed by atoms with Crippen LogP contribution in [0.5, 0.6) is 11.5 Å². The maximum absolute atomic E-state index is 13.7. The highest BCUT2D eigenvalue weighted by Gasteiger charge is 2.47. The minimum atomic E-state index is -0.620. The fourth-order valence-electron chi connectivity index (χ4n) is 1.85. The molecule has 3 rings (SSSR count). The Bertz CT molecular complexity index is 474. The first-order valence-corrected chi connectivity index (χ1v) is 4.76. The number of nitriles is 1. The van der Waals surface area contributed by atoms with Crippen molar-refractivity contribution in [1.82, 2.24) is 0 Å². The molecule has 0 atom stereocenters. The highest BCUT2D eigenvalue weighted by molar-refractivity contribution is 5.51. The van der Waals surface area contributed by atoms with Gasteiger partial charge in [0.25, 0.3) is 0 Å². The average molecular weight is 205 g/mol. The van der Waals surface area contributed by atoms with Crippen LogP contribution in [-0.4, -0.2) is 6.79 Å². The molecule has 0 spiro atoms. The molecular formula is C11H8FNO2. The van der Waals surface area contributed by atoms with Gasteiger partial charge in [0.15, 0.2) is 11.5 Å². The van der Waals surface area contributed by atoms with Crippen molar-refractivity contribution >= 4 is 0 Å². The first kappa shape index (κ1) is 8.54. The monoisotopic (exact) mass is 205 g/mol. The molecule has 76 valence electrons. The van der Waals surface area contributed by atoms with Gasteiger partial charge in [-0.15, -0.1) is 0 Å². The summed E-state index contributed by atoms with van der Waals surface area (Å²) in [6.45, 7) is 0.123. The predicted octanol–water partition coefficient (Wildman–Crippen LogP) is 2.11. The number of nitrogens with zero attached hydrogens (tertiary/aromatic N) is 1. The van der Waals surface area contributed by atoms with E-state index >= 15 is 0 Å². The van der Waals surface area contributed by atoms with Crippen LogP contribution in [0.4, 0.5) is 4.39 Å². The normalized spacial score (nSPS) is 19.7. The highest BCUT2D eigenvalue weighted by atomic mass is 19.1. The molecule has 0 bridgehead atoms. The second-order valence-electron chi connectivity index (χ2n) is 3.88. The lowest BCUT2D eigenvalue weighted by Gasteiger charge is -2.08. The van der Waals surface area contributed by atoms with E-state index in [2.05, 4.69) is 6.07 Å². The van der Waals surface area contributed by atoms with Gasteiger partial charge in [0.2, 0.25) is 6.79 Å². The van der Waals surface area contributed by atoms with Crippen molar-refractivity contribution in [3.63, 3.8) is 0 Å². The van der Waals surface area contributed by atoms with Crippen molar-refractivity contribution < 1.29 is 13.9 Å². The molecule has 0 amide bonds. The van der Waals surface area contributed by atoms with E-state index < -0.39 is 5.41 Å². The second-order valence-corrected chi connectivity index (χ2v) is 3.88. The summed E-state index contributed by atoms with van der Waals surface area (Å²) in [6, 6.07) is 5.06. The minimum absolute atomic E-state index is 0.123. The molecule has 1 aliphatic heterocycles. The van der Waals surface area contributed by atoms with Crippen molar-refractivity contribution in [1.29, 1.82) is 5.26 Å². The summed E-state index contributed by atoms with van der Waals surface area (Å²) in [5.74, 6) is 0.580. The molecule has 0 saturated heterocycles. The number of ether oxygens (including phenoxy) is 2. The number of benzene rings is 1. The highest BCUT2D eigenvalue weighted by Crippen LogP contribution is 2.50. The SMILES string of the molecule is N#CC1(c2cc3c(cc2F)OCO3)CC1. The van der Waals surface area contributed by atoms with E-state index in [1.54, 1.807) is 6.07 Å². The zero-order chi connectivity index (χ0) is 10.5. The zero-order valence-electron chi connectivity index (χ0n) is 7.92. The maximum atomic E-state index is 13.7. The quantitative estimate of drug-likeness (QED) is 0.705. The predicted molar refractivity (Wildman–Crippen MR) is 49.0 cm³/mol. The van der Waals surface area contributed by atoms with Crippen LogP contribution in [0.1, 0.15) is 18.4 Å². The van der Waals surface area contributed by atoms with Crippen LogP contribution in [0.15, 0.2) is 12.1 Å². The Balaban J connectivity index is 2.14. The van der Waals surface area contributed by atoms with Crippen molar-refractivity contribution in [3.8, 4) is 17.6 Å². The summed E-state index contributed by atoms with van der Waals surface area (Å²) in [5.41, 5.74) is -0.181. The van der Waals surface area contributed by atoms with E-state index in [9.17, 15) is 4.39 Å². The van der Waals surface area contributed by atoms with E-state index in [-0.39, 0.29) is 12.6 Å². The van der Waals surface area contributed by atoms with Gasteiger partial charge in [-0.3, -0.25) is 0 Å². The molecule has 1 fully saturated rings. The van der Waals surface area contributed by atoms with Gasteiger partial charge in [0.05, 0.1) is 11.5 Å². The van der Waals surface area contributed by atoms with Crippen LogP contribution in [0, 0.1) is 17.1 Å². The Morgan fingerprint density at radius 1 is 1.27 bits per heavy atom. The number of halogens is 1. The van der Waals surface area contributed by atoms with E-state index in [4.69, 9.17) is 14.7 Å². The van der Waals surface area contributed by atoms with E-state index in [0.29, 0.717) is 17.1 Å². The van der Waals surface area contributed by atoms with Gasteiger partial charge < -0.3 is 9.47 Å². The summed E-state index contributed by atoms with van der Waals surface area (Å²) in [5, 5.41) is 8.99. The number of rotatable bonds is 1. The van der Waals surface area contributed by atoms with Gasteiger partial charge in [0.1, 0.15) is 5.82 Å². The Kier molecular flexibility index (Phi) is 1.50. The Morgan fingerprint density at radius 2 is 1.93 bits per heavy atom. The third-order valence-corrected chi connectivity index (χ3v) is 2.94.